The molecule has 166 valence electrons. The molecule has 0 aromatic heterocycles. The number of aliphatic hydroxyl groups excluding tert-OH is 1. The number of hydrogen-bond donors (Lipinski definition) is 4. The molecule has 3 fully saturated rings. The number of hydrogen-bond acceptors (Lipinski definition) is 6. The zero-order valence-corrected chi connectivity index (χ0v) is 21.0. The Balaban J connectivity index is 0.00000272. The molecule has 0 heterocycles. The molecule has 0 aliphatic heterocycles. The Morgan fingerprint density at radius 3 is 2.61 bits per heavy atom. The van der Waals surface area contributed by atoms with Gasteiger partial charge in [0.25, 0.3) is 0 Å². The van der Waals surface area contributed by atoms with Crippen molar-refractivity contribution in [2.24, 2.45) is 28.6 Å². The maximum atomic E-state index is 12.8. The van der Waals surface area contributed by atoms with Gasteiger partial charge in [0, 0.05) is 16.7 Å². The third kappa shape index (κ3) is 3.92. The van der Waals surface area contributed by atoms with Gasteiger partial charge in [0.05, 0.1) is 6.10 Å². The number of Topliss-reactive ketones (excluding diaryl/α,β-unsaturated/α-hetero) is 1. The van der Waals surface area contributed by atoms with E-state index in [9.17, 15) is 24.4 Å². The number of phosphoric acid groups is 1. The average Bonchev–Trinajstić information content (AvgIpc) is 2.91. The molecule has 0 saturated heterocycles. The third-order valence-electron chi connectivity index (χ3n) is 8.47. The molecule has 4 aliphatic carbocycles. The van der Waals surface area contributed by atoms with E-state index in [0.717, 1.165) is 18.4 Å². The number of carbonyl (C=O) groups excluding carboxylic acids is 2. The SMILES string of the molecule is C[C@]12C=CC(=O)C=C1CCC1C2[C@@H](O)C[C@@]2(C)C1CC[C@]2(O)C(=O)COP(=O)(O)O.[Na+]. The van der Waals surface area contributed by atoms with E-state index in [-0.39, 0.29) is 65.9 Å². The first-order valence-electron chi connectivity index (χ1n) is 10.4. The van der Waals surface area contributed by atoms with Gasteiger partial charge in [-0.1, -0.05) is 25.5 Å². The van der Waals surface area contributed by atoms with Crippen molar-refractivity contribution in [3.8, 4) is 0 Å². The predicted octanol–water partition coefficient (Wildman–Crippen LogP) is -1.32. The summed E-state index contributed by atoms with van der Waals surface area (Å²) in [6, 6.07) is 0. The molecule has 0 radical (unpaired) electrons. The van der Waals surface area contributed by atoms with Crippen LogP contribution in [0.25, 0.3) is 0 Å². The molecule has 4 aliphatic rings. The van der Waals surface area contributed by atoms with Crippen LogP contribution < -0.4 is 29.6 Å². The minimum absolute atomic E-state index is 0. The zero-order chi connectivity index (χ0) is 22.1. The summed E-state index contributed by atoms with van der Waals surface area (Å²) < 4.78 is 15.4. The van der Waals surface area contributed by atoms with Crippen LogP contribution in [0.1, 0.15) is 46.0 Å². The summed E-state index contributed by atoms with van der Waals surface area (Å²) in [5, 5.41) is 22.6. The molecule has 3 saturated carbocycles. The van der Waals surface area contributed by atoms with Crippen molar-refractivity contribution in [3.63, 3.8) is 0 Å². The van der Waals surface area contributed by atoms with Crippen molar-refractivity contribution >= 4 is 19.4 Å². The van der Waals surface area contributed by atoms with E-state index in [2.05, 4.69) is 4.52 Å². The fourth-order valence-electron chi connectivity index (χ4n) is 7.05. The standard InChI is InChI=1S/C21H29O8P.Na/c1-19-7-5-13(22)9-12(19)3-4-14-15-6-8-21(25,17(24)11-29-30(26,27)28)20(15,2)10-16(23)18(14)19;/h5,7,9,14-16,18,23,25H,3-4,6,8,10-11H2,1-2H3,(H2,26,27,28);/q;+1/t14?,15?,16-,18?,19-,20-,21-;/m0./s1. The van der Waals surface area contributed by atoms with E-state index < -0.39 is 42.7 Å². The number of aliphatic hydroxyl groups is 2. The van der Waals surface area contributed by atoms with Crippen molar-refractivity contribution in [1.29, 1.82) is 0 Å². The normalized spacial score (nSPS) is 43.9. The molecular formula is C21H29NaO8P+. The fraction of sp³-hybridized carbons (Fsp3) is 0.714. The van der Waals surface area contributed by atoms with Gasteiger partial charge in [0.1, 0.15) is 12.2 Å². The van der Waals surface area contributed by atoms with Gasteiger partial charge in [-0.25, -0.2) is 4.57 Å². The quantitative estimate of drug-likeness (QED) is 0.297. The number of rotatable bonds is 4. The first-order valence-corrected chi connectivity index (χ1v) is 11.9. The van der Waals surface area contributed by atoms with Crippen LogP contribution in [0.15, 0.2) is 23.8 Å². The summed E-state index contributed by atoms with van der Waals surface area (Å²) in [5.74, 6) is -0.888. The molecule has 0 amide bonds. The first-order chi connectivity index (χ1) is 13.8. The number of ketones is 2. The second-order valence-electron chi connectivity index (χ2n) is 9.80. The maximum absolute atomic E-state index is 12.8. The third-order valence-corrected chi connectivity index (χ3v) is 8.94. The fourth-order valence-corrected chi connectivity index (χ4v) is 7.34. The van der Waals surface area contributed by atoms with Crippen LogP contribution in [0.3, 0.4) is 0 Å². The summed E-state index contributed by atoms with van der Waals surface area (Å²) in [4.78, 5) is 42.5. The van der Waals surface area contributed by atoms with Crippen LogP contribution in [0.4, 0.5) is 0 Å². The Labute approximate surface area is 203 Å². The van der Waals surface area contributed by atoms with E-state index in [4.69, 9.17) is 9.79 Å². The van der Waals surface area contributed by atoms with Gasteiger partial charge in [0.2, 0.25) is 0 Å². The van der Waals surface area contributed by atoms with Crippen LogP contribution in [-0.2, 0) is 18.7 Å². The Morgan fingerprint density at radius 1 is 1.29 bits per heavy atom. The Bertz CT molecular complexity index is 896. The summed E-state index contributed by atoms with van der Waals surface area (Å²) >= 11 is 0. The summed E-state index contributed by atoms with van der Waals surface area (Å²) in [6.45, 7) is 2.97. The maximum Gasteiger partial charge on any atom is 1.00 e. The molecule has 0 bridgehead atoms. The molecular weight excluding hydrogens is 434 g/mol. The predicted molar refractivity (Wildman–Crippen MR) is 106 cm³/mol. The van der Waals surface area contributed by atoms with Gasteiger partial charge in [0.15, 0.2) is 11.6 Å². The summed E-state index contributed by atoms with van der Waals surface area (Å²) in [6.07, 6.45) is 6.76. The van der Waals surface area contributed by atoms with Crippen LogP contribution in [0.2, 0.25) is 0 Å². The molecule has 10 heteroatoms. The molecule has 7 atom stereocenters. The average molecular weight is 463 g/mol. The molecule has 0 spiro atoms. The molecule has 31 heavy (non-hydrogen) atoms. The first kappa shape index (κ1) is 25.5. The van der Waals surface area contributed by atoms with E-state index in [0.29, 0.717) is 6.42 Å². The van der Waals surface area contributed by atoms with Crippen molar-refractivity contribution in [2.75, 3.05) is 6.61 Å². The molecule has 4 N–H and O–H groups in total. The van der Waals surface area contributed by atoms with E-state index in [1.807, 2.05) is 13.0 Å². The number of allylic oxidation sites excluding steroid dienone is 4. The van der Waals surface area contributed by atoms with Gasteiger partial charge in [-0.2, -0.15) is 0 Å². The van der Waals surface area contributed by atoms with Crippen molar-refractivity contribution < 1.29 is 68.2 Å². The minimum Gasteiger partial charge on any atom is -0.393 e. The van der Waals surface area contributed by atoms with Gasteiger partial charge < -0.3 is 20.0 Å². The van der Waals surface area contributed by atoms with Gasteiger partial charge >= 0.3 is 37.4 Å². The van der Waals surface area contributed by atoms with Crippen molar-refractivity contribution in [1.82, 2.24) is 0 Å². The second kappa shape index (κ2) is 8.26. The number of phosphoric ester groups is 1. The molecule has 4 rings (SSSR count). The summed E-state index contributed by atoms with van der Waals surface area (Å²) in [5.41, 5.74) is -2.15. The molecule has 8 nitrogen and oxygen atoms in total. The topological polar surface area (TPSA) is 141 Å². The number of carbonyl (C=O) groups is 2. The molecule has 3 unspecified atom stereocenters. The van der Waals surface area contributed by atoms with Crippen LogP contribution in [-0.4, -0.2) is 49.9 Å². The van der Waals surface area contributed by atoms with Crippen LogP contribution in [0, 0.1) is 28.6 Å². The Hall–Kier alpha value is -0.150. The van der Waals surface area contributed by atoms with Crippen LogP contribution in [0.5, 0.6) is 0 Å². The largest absolute Gasteiger partial charge is 1.00 e. The Morgan fingerprint density at radius 2 is 1.97 bits per heavy atom. The Kier molecular flexibility index (Phi) is 6.79. The van der Waals surface area contributed by atoms with Crippen LogP contribution >= 0.6 is 7.82 Å². The van der Waals surface area contributed by atoms with Gasteiger partial charge in [-0.3, -0.25) is 14.1 Å². The minimum atomic E-state index is -4.84. The zero-order valence-electron chi connectivity index (χ0n) is 18.2. The van der Waals surface area contributed by atoms with Gasteiger partial charge in [-0.05, 0) is 56.1 Å². The second-order valence-corrected chi connectivity index (χ2v) is 11.0. The number of fused-ring (bicyclic) bond motifs is 5. The molecule has 0 aromatic rings. The van der Waals surface area contributed by atoms with Gasteiger partial charge in [-0.15, -0.1) is 0 Å². The van der Waals surface area contributed by atoms with Crippen molar-refractivity contribution in [3.05, 3.63) is 23.8 Å². The van der Waals surface area contributed by atoms with E-state index >= 15 is 0 Å². The smallest absolute Gasteiger partial charge is 0.393 e. The molecule has 0 aromatic carbocycles. The summed E-state index contributed by atoms with van der Waals surface area (Å²) in [7, 11) is -4.84. The van der Waals surface area contributed by atoms with E-state index in [1.165, 1.54) is 0 Å². The van der Waals surface area contributed by atoms with Crippen molar-refractivity contribution in [2.45, 2.75) is 57.7 Å². The monoisotopic (exact) mass is 463 g/mol. The van der Waals surface area contributed by atoms with E-state index in [1.54, 1.807) is 19.1 Å².